The molecule has 3 aromatic carbocycles. The second kappa shape index (κ2) is 12.4. The molecule has 2 amide bonds. The molecule has 1 aliphatic heterocycles. The number of carbonyl (C=O) groups excluding carboxylic acids is 2. The lowest BCUT2D eigenvalue weighted by atomic mass is 10.1. The number of fused-ring (bicyclic) bond motifs is 2. The van der Waals surface area contributed by atoms with Gasteiger partial charge in [0.05, 0.1) is 16.6 Å². The van der Waals surface area contributed by atoms with Crippen molar-refractivity contribution >= 4 is 45.1 Å². The molecular weight excluding hydrogens is 560 g/mol. The number of nitro groups is 1. The third-order valence-electron chi connectivity index (χ3n) is 8.10. The molecular formula is C33H30N6O5. The van der Waals surface area contributed by atoms with Gasteiger partial charge in [-0.3, -0.25) is 29.9 Å². The highest BCUT2D eigenvalue weighted by molar-refractivity contribution is 6.10. The number of non-ortho nitro benzene ring substituents is 1. The smallest absolute Gasteiger partial charge is 0.293 e. The normalized spacial score (nSPS) is 13.7. The Balaban J connectivity index is 0.988. The Morgan fingerprint density at radius 3 is 2.52 bits per heavy atom. The molecule has 0 saturated carbocycles. The number of benzene rings is 3. The molecule has 3 heterocycles. The highest BCUT2D eigenvalue weighted by atomic mass is 16.6. The summed E-state index contributed by atoms with van der Waals surface area (Å²) in [7, 11) is 0. The van der Waals surface area contributed by atoms with Crippen molar-refractivity contribution in [2.24, 2.45) is 0 Å². The molecule has 1 aliphatic rings. The largest absolute Gasteiger partial charge is 0.451 e. The van der Waals surface area contributed by atoms with Crippen LogP contribution < -0.4 is 10.2 Å². The molecule has 44 heavy (non-hydrogen) atoms. The van der Waals surface area contributed by atoms with Gasteiger partial charge in [0.25, 0.3) is 17.5 Å². The Bertz CT molecular complexity index is 1890. The minimum Gasteiger partial charge on any atom is -0.451 e. The van der Waals surface area contributed by atoms with Crippen LogP contribution in [0.3, 0.4) is 0 Å². The summed E-state index contributed by atoms with van der Waals surface area (Å²) in [4.78, 5) is 43.5. The van der Waals surface area contributed by atoms with E-state index in [4.69, 9.17) is 4.42 Å². The second-order valence-electron chi connectivity index (χ2n) is 10.9. The molecule has 0 radical (unpaired) electrons. The Morgan fingerprint density at radius 1 is 0.977 bits per heavy atom. The Labute approximate surface area is 252 Å². The summed E-state index contributed by atoms with van der Waals surface area (Å²) in [6.07, 6.45) is 5.21. The summed E-state index contributed by atoms with van der Waals surface area (Å²) >= 11 is 0. The van der Waals surface area contributed by atoms with Gasteiger partial charge in [-0.25, -0.2) is 0 Å². The summed E-state index contributed by atoms with van der Waals surface area (Å²) in [6, 6.07) is 20.4. The summed E-state index contributed by atoms with van der Waals surface area (Å²) in [5, 5.41) is 24.2. The van der Waals surface area contributed by atoms with Crippen LogP contribution in [0.1, 0.15) is 44.9 Å². The van der Waals surface area contributed by atoms with E-state index in [0.717, 1.165) is 74.0 Å². The molecule has 5 aromatic rings. The molecule has 11 nitrogen and oxygen atoms in total. The zero-order chi connectivity index (χ0) is 30.6. The van der Waals surface area contributed by atoms with Gasteiger partial charge in [-0.15, -0.1) is 0 Å². The minimum absolute atomic E-state index is 0.00960. The lowest BCUT2D eigenvalue weighted by Gasteiger charge is -2.36. The number of piperazine rings is 1. The van der Waals surface area contributed by atoms with Crippen molar-refractivity contribution in [1.82, 2.24) is 15.2 Å². The van der Waals surface area contributed by atoms with Crippen LogP contribution in [0.15, 0.2) is 77.3 Å². The van der Waals surface area contributed by atoms with Crippen LogP contribution >= 0.6 is 0 Å². The number of furan rings is 1. The first-order valence-electron chi connectivity index (χ1n) is 14.5. The number of nitrogens with one attached hydrogen (secondary N) is 2. The van der Waals surface area contributed by atoms with Gasteiger partial charge in [0.2, 0.25) is 0 Å². The number of hydrogen-bond acceptors (Lipinski definition) is 8. The molecule has 2 N–H and O–H groups in total. The van der Waals surface area contributed by atoms with E-state index in [9.17, 15) is 25.0 Å². The maximum atomic E-state index is 12.7. The summed E-state index contributed by atoms with van der Waals surface area (Å²) in [5.41, 5.74) is 4.58. The number of nitriles is 1. The second-order valence-corrected chi connectivity index (χ2v) is 10.9. The highest BCUT2D eigenvalue weighted by Crippen LogP contribution is 2.27. The van der Waals surface area contributed by atoms with E-state index in [1.807, 2.05) is 36.4 Å². The van der Waals surface area contributed by atoms with Crippen LogP contribution in [0.4, 0.5) is 11.4 Å². The first-order valence-corrected chi connectivity index (χ1v) is 14.5. The Kier molecular flexibility index (Phi) is 8.08. The number of nitro benzene ring substituents is 1. The number of hydrogen-bond donors (Lipinski definition) is 2. The van der Waals surface area contributed by atoms with Crippen molar-refractivity contribution in [3.8, 4) is 6.07 Å². The van der Waals surface area contributed by atoms with Crippen molar-refractivity contribution in [2.75, 3.05) is 37.6 Å². The number of nitrogens with zero attached hydrogens (tertiary/aromatic N) is 4. The van der Waals surface area contributed by atoms with E-state index in [-0.39, 0.29) is 17.0 Å². The maximum Gasteiger partial charge on any atom is 0.293 e. The van der Waals surface area contributed by atoms with Gasteiger partial charge in [-0.05, 0) is 86.0 Å². The molecule has 1 fully saturated rings. The average molecular weight is 591 g/mol. The molecule has 2 aromatic heterocycles. The van der Waals surface area contributed by atoms with Crippen molar-refractivity contribution < 1.29 is 18.9 Å². The molecule has 0 atom stereocenters. The van der Waals surface area contributed by atoms with Gasteiger partial charge < -0.3 is 14.3 Å². The number of anilines is 1. The Hall–Kier alpha value is -5.47. The number of carbonyl (C=O) groups is 2. The van der Waals surface area contributed by atoms with Gasteiger partial charge in [-0.2, -0.15) is 5.26 Å². The van der Waals surface area contributed by atoms with E-state index in [0.29, 0.717) is 11.1 Å². The summed E-state index contributed by atoms with van der Waals surface area (Å²) in [5.74, 6) is -1.34. The molecule has 0 spiro atoms. The third-order valence-corrected chi connectivity index (χ3v) is 8.10. The molecule has 222 valence electrons. The lowest BCUT2D eigenvalue weighted by molar-refractivity contribution is -0.384. The fourth-order valence-electron chi connectivity index (χ4n) is 5.65. The maximum absolute atomic E-state index is 12.7. The number of rotatable bonds is 9. The fraction of sp³-hybridized carbons (Fsp3) is 0.242. The first-order chi connectivity index (χ1) is 21.4. The van der Waals surface area contributed by atoms with Crippen LogP contribution in [-0.2, 0) is 6.42 Å². The van der Waals surface area contributed by atoms with E-state index in [1.165, 1.54) is 29.8 Å². The van der Waals surface area contributed by atoms with Gasteiger partial charge in [0, 0.05) is 72.0 Å². The molecule has 1 saturated heterocycles. The van der Waals surface area contributed by atoms with Crippen LogP contribution in [0.5, 0.6) is 0 Å². The van der Waals surface area contributed by atoms with Crippen molar-refractivity contribution in [2.45, 2.75) is 19.3 Å². The number of imide groups is 1. The number of H-pyrrole nitrogens is 1. The molecule has 0 bridgehead atoms. The number of aromatic nitrogens is 1. The zero-order valence-corrected chi connectivity index (χ0v) is 23.9. The topological polar surface area (TPSA) is 149 Å². The minimum atomic E-state index is -0.684. The molecule has 11 heteroatoms. The van der Waals surface area contributed by atoms with Crippen molar-refractivity contribution in [1.29, 1.82) is 5.26 Å². The van der Waals surface area contributed by atoms with E-state index in [2.05, 4.69) is 32.4 Å². The predicted molar refractivity (Wildman–Crippen MR) is 166 cm³/mol. The van der Waals surface area contributed by atoms with Gasteiger partial charge >= 0.3 is 0 Å². The summed E-state index contributed by atoms with van der Waals surface area (Å²) < 4.78 is 5.70. The van der Waals surface area contributed by atoms with Crippen LogP contribution in [0.2, 0.25) is 0 Å². The van der Waals surface area contributed by atoms with E-state index < -0.39 is 16.7 Å². The van der Waals surface area contributed by atoms with Gasteiger partial charge in [-0.1, -0.05) is 0 Å². The molecule has 0 unspecified atom stereocenters. The SMILES string of the molecule is N#Cc1ccc2[nH]cc(CCCCN3CCN(c4ccc5oc(C(=O)NC(=O)c6ccc([N+](=O)[O-])cc6)cc5c4)CC3)c2c1. The molecule has 6 rings (SSSR count). The monoisotopic (exact) mass is 590 g/mol. The van der Waals surface area contributed by atoms with Crippen LogP contribution in [-0.4, -0.2) is 59.3 Å². The number of aromatic amines is 1. The Morgan fingerprint density at radius 2 is 1.77 bits per heavy atom. The van der Waals surface area contributed by atoms with Crippen LogP contribution in [0.25, 0.3) is 21.9 Å². The van der Waals surface area contributed by atoms with Gasteiger partial charge in [0.15, 0.2) is 5.76 Å². The third kappa shape index (κ3) is 6.16. The molecule has 0 aliphatic carbocycles. The van der Waals surface area contributed by atoms with Crippen molar-refractivity contribution in [3.05, 3.63) is 105 Å². The van der Waals surface area contributed by atoms with Crippen LogP contribution in [0, 0.1) is 21.4 Å². The number of amides is 2. The van der Waals surface area contributed by atoms with E-state index in [1.54, 1.807) is 6.07 Å². The zero-order valence-electron chi connectivity index (χ0n) is 23.9. The van der Waals surface area contributed by atoms with Crippen molar-refractivity contribution in [3.63, 3.8) is 0 Å². The number of unbranched alkanes of at least 4 members (excludes halogenated alkanes) is 1. The van der Waals surface area contributed by atoms with Gasteiger partial charge in [0.1, 0.15) is 5.58 Å². The van der Waals surface area contributed by atoms with E-state index >= 15 is 0 Å². The first kappa shape index (κ1) is 28.6. The lowest BCUT2D eigenvalue weighted by Crippen LogP contribution is -2.46. The quantitative estimate of drug-likeness (QED) is 0.100. The predicted octanol–water partition coefficient (Wildman–Crippen LogP) is 5.41. The fourth-order valence-corrected chi connectivity index (χ4v) is 5.65. The number of aryl methyl sites for hydroxylation is 1. The average Bonchev–Trinajstić information content (AvgIpc) is 3.67. The highest BCUT2D eigenvalue weighted by Gasteiger charge is 2.20. The standard InChI is InChI=1S/C33H30N6O5/c34-20-22-4-10-29-28(17-22)24(21-35-29)3-1-2-12-37-13-15-38(16-14-37)27-9-11-30-25(18-27)19-31(44-30)33(41)36-32(40)23-5-7-26(8-6-23)39(42)43/h4-11,17-19,21,35H,1-3,12-16H2,(H,36,40,41). The summed E-state index contributed by atoms with van der Waals surface area (Å²) in [6.45, 7) is 4.73.